The quantitative estimate of drug-likeness (QED) is 0.504. The third kappa shape index (κ3) is 4.46. The number of hydrogen-bond donors (Lipinski definition) is 1. The number of thiophene rings is 2. The number of fused-ring (bicyclic) bond motifs is 1. The van der Waals surface area contributed by atoms with Crippen LogP contribution in [-0.4, -0.2) is 18.0 Å². The maximum atomic E-state index is 12.5. The SMILES string of the molecule is CC(OC(=O)c1cc(Cl)sc1Cl)C(=O)Nc1sc2c(c1C#N)CCCCC2. The van der Waals surface area contributed by atoms with E-state index in [9.17, 15) is 14.9 Å². The Kier molecular flexibility index (Phi) is 6.43. The minimum Gasteiger partial charge on any atom is -0.449 e. The molecule has 2 heterocycles. The van der Waals surface area contributed by atoms with Crippen molar-refractivity contribution in [2.75, 3.05) is 5.32 Å². The topological polar surface area (TPSA) is 79.2 Å². The number of halogens is 2. The van der Waals surface area contributed by atoms with Gasteiger partial charge in [-0.2, -0.15) is 5.26 Å². The summed E-state index contributed by atoms with van der Waals surface area (Å²) in [6.07, 6.45) is 4.02. The summed E-state index contributed by atoms with van der Waals surface area (Å²) in [5.74, 6) is -1.21. The fraction of sp³-hybridized carbons (Fsp3) is 0.389. The van der Waals surface area contributed by atoms with Crippen LogP contribution in [0.5, 0.6) is 0 Å². The predicted molar refractivity (Wildman–Crippen MR) is 108 cm³/mol. The summed E-state index contributed by atoms with van der Waals surface area (Å²) in [7, 11) is 0. The first-order chi connectivity index (χ1) is 12.9. The Labute approximate surface area is 174 Å². The second-order valence-electron chi connectivity index (χ2n) is 6.16. The first-order valence-corrected chi connectivity index (χ1v) is 10.8. The number of anilines is 1. The fourth-order valence-corrected chi connectivity index (χ4v) is 5.60. The van der Waals surface area contributed by atoms with Crippen molar-refractivity contribution in [1.29, 1.82) is 5.26 Å². The van der Waals surface area contributed by atoms with Crippen LogP contribution in [0, 0.1) is 11.3 Å². The number of nitriles is 1. The summed E-state index contributed by atoms with van der Waals surface area (Å²) in [6.45, 7) is 1.47. The van der Waals surface area contributed by atoms with Gasteiger partial charge < -0.3 is 10.1 Å². The average Bonchev–Trinajstić information content (AvgIpc) is 3.03. The number of rotatable bonds is 4. The van der Waals surface area contributed by atoms with E-state index >= 15 is 0 Å². The van der Waals surface area contributed by atoms with E-state index in [-0.39, 0.29) is 9.90 Å². The molecule has 1 amide bonds. The minimum atomic E-state index is -1.04. The molecule has 1 aliphatic rings. The van der Waals surface area contributed by atoms with Gasteiger partial charge in [0.1, 0.15) is 15.4 Å². The zero-order chi connectivity index (χ0) is 19.6. The van der Waals surface area contributed by atoms with E-state index in [1.54, 1.807) is 0 Å². The summed E-state index contributed by atoms with van der Waals surface area (Å²) in [6, 6.07) is 3.62. The highest BCUT2D eigenvalue weighted by atomic mass is 35.5. The molecule has 1 unspecified atom stereocenters. The highest BCUT2D eigenvalue weighted by Crippen LogP contribution is 2.37. The lowest BCUT2D eigenvalue weighted by Crippen LogP contribution is -2.29. The standard InChI is InChI=1S/C18H16Cl2N2O3S2/c1-9(25-18(24)11-7-14(19)27-15(11)20)16(23)22-17-12(8-21)10-5-3-2-4-6-13(10)26-17/h7,9H,2-6H2,1H3,(H,22,23). The van der Waals surface area contributed by atoms with E-state index in [2.05, 4.69) is 11.4 Å². The molecule has 2 aromatic heterocycles. The van der Waals surface area contributed by atoms with E-state index in [1.165, 1.54) is 24.3 Å². The van der Waals surface area contributed by atoms with Crippen molar-refractivity contribution in [3.8, 4) is 6.07 Å². The van der Waals surface area contributed by atoms with Gasteiger partial charge in [0, 0.05) is 4.88 Å². The van der Waals surface area contributed by atoms with Crippen LogP contribution in [0.4, 0.5) is 5.00 Å². The lowest BCUT2D eigenvalue weighted by atomic mass is 10.1. The highest BCUT2D eigenvalue weighted by Gasteiger charge is 2.25. The molecule has 0 fully saturated rings. The third-order valence-electron chi connectivity index (χ3n) is 4.30. The summed E-state index contributed by atoms with van der Waals surface area (Å²) in [5.41, 5.74) is 1.70. The zero-order valence-electron chi connectivity index (χ0n) is 14.4. The molecule has 0 aliphatic heterocycles. The van der Waals surface area contributed by atoms with Crippen molar-refractivity contribution in [1.82, 2.24) is 0 Å². The second kappa shape index (κ2) is 8.61. The van der Waals surface area contributed by atoms with Crippen LogP contribution in [-0.2, 0) is 22.4 Å². The molecule has 0 saturated carbocycles. The number of ether oxygens (including phenoxy) is 1. The number of hydrogen-bond acceptors (Lipinski definition) is 6. The number of nitrogens with one attached hydrogen (secondary N) is 1. The molecule has 0 radical (unpaired) electrons. The molecular formula is C18H16Cl2N2O3S2. The van der Waals surface area contributed by atoms with E-state index < -0.39 is 18.0 Å². The number of carbonyl (C=O) groups is 2. The highest BCUT2D eigenvalue weighted by molar-refractivity contribution is 7.20. The van der Waals surface area contributed by atoms with Crippen LogP contribution >= 0.6 is 45.9 Å². The molecule has 1 atom stereocenters. The maximum absolute atomic E-state index is 12.5. The van der Waals surface area contributed by atoms with Crippen molar-refractivity contribution in [3.05, 3.63) is 36.3 Å². The first-order valence-electron chi connectivity index (χ1n) is 8.42. The smallest absolute Gasteiger partial charge is 0.341 e. The monoisotopic (exact) mass is 442 g/mol. The Morgan fingerprint density at radius 3 is 2.67 bits per heavy atom. The molecule has 0 bridgehead atoms. The minimum absolute atomic E-state index is 0.131. The van der Waals surface area contributed by atoms with Gasteiger partial charge in [-0.1, -0.05) is 29.6 Å². The number of carbonyl (C=O) groups excluding carboxylic acids is 2. The van der Waals surface area contributed by atoms with E-state index in [4.69, 9.17) is 27.9 Å². The number of aryl methyl sites for hydroxylation is 1. The van der Waals surface area contributed by atoms with Gasteiger partial charge in [0.05, 0.1) is 15.5 Å². The molecule has 1 N–H and O–H groups in total. The van der Waals surface area contributed by atoms with Gasteiger partial charge in [-0.05, 0) is 44.2 Å². The summed E-state index contributed by atoms with van der Waals surface area (Å²) in [5, 5.41) is 12.8. The van der Waals surface area contributed by atoms with Crippen molar-refractivity contribution in [3.63, 3.8) is 0 Å². The number of nitrogens with zero attached hydrogens (tertiary/aromatic N) is 1. The summed E-state index contributed by atoms with van der Waals surface area (Å²) in [4.78, 5) is 25.8. The predicted octanol–water partition coefficient (Wildman–Crippen LogP) is 5.44. The normalized spacial score (nSPS) is 14.6. The van der Waals surface area contributed by atoms with Gasteiger partial charge in [-0.25, -0.2) is 4.79 Å². The van der Waals surface area contributed by atoms with Crippen LogP contribution in [0.3, 0.4) is 0 Å². The molecular weight excluding hydrogens is 427 g/mol. The average molecular weight is 443 g/mol. The molecule has 27 heavy (non-hydrogen) atoms. The molecule has 1 aliphatic carbocycles. The zero-order valence-corrected chi connectivity index (χ0v) is 17.6. The van der Waals surface area contributed by atoms with Crippen LogP contribution in [0.25, 0.3) is 0 Å². The molecule has 0 spiro atoms. The molecule has 3 rings (SSSR count). The third-order valence-corrected chi connectivity index (χ3v) is 6.99. The van der Waals surface area contributed by atoms with Gasteiger partial charge in [0.25, 0.3) is 5.91 Å². The Morgan fingerprint density at radius 2 is 2.00 bits per heavy atom. The van der Waals surface area contributed by atoms with Crippen molar-refractivity contribution in [2.45, 2.75) is 45.1 Å². The van der Waals surface area contributed by atoms with Crippen LogP contribution in [0.2, 0.25) is 8.67 Å². The molecule has 0 aromatic carbocycles. The number of esters is 1. The van der Waals surface area contributed by atoms with Crippen molar-refractivity contribution >= 4 is 62.8 Å². The van der Waals surface area contributed by atoms with E-state index in [0.717, 1.165) is 53.9 Å². The summed E-state index contributed by atoms with van der Waals surface area (Å²) >= 11 is 14.3. The van der Waals surface area contributed by atoms with Gasteiger partial charge >= 0.3 is 5.97 Å². The Bertz CT molecular complexity index is 930. The van der Waals surface area contributed by atoms with Crippen molar-refractivity contribution < 1.29 is 14.3 Å². The lowest BCUT2D eigenvalue weighted by Gasteiger charge is -2.12. The van der Waals surface area contributed by atoms with Crippen molar-refractivity contribution in [2.24, 2.45) is 0 Å². The van der Waals surface area contributed by atoms with E-state index in [0.29, 0.717) is 14.9 Å². The molecule has 5 nitrogen and oxygen atoms in total. The van der Waals surface area contributed by atoms with Gasteiger partial charge in [-0.15, -0.1) is 22.7 Å². The van der Waals surface area contributed by atoms with E-state index in [1.807, 2.05) is 0 Å². The van der Waals surface area contributed by atoms with Crippen LogP contribution in [0.1, 0.15) is 52.5 Å². The second-order valence-corrected chi connectivity index (χ2v) is 9.55. The molecule has 142 valence electrons. The van der Waals surface area contributed by atoms with Gasteiger partial charge in [0.15, 0.2) is 6.10 Å². The molecule has 2 aromatic rings. The summed E-state index contributed by atoms with van der Waals surface area (Å²) < 4.78 is 5.77. The van der Waals surface area contributed by atoms with Gasteiger partial charge in [-0.3, -0.25) is 4.79 Å². The van der Waals surface area contributed by atoms with Crippen LogP contribution in [0.15, 0.2) is 6.07 Å². The number of amides is 1. The first kappa shape index (κ1) is 20.2. The van der Waals surface area contributed by atoms with Crippen LogP contribution < -0.4 is 5.32 Å². The largest absolute Gasteiger partial charge is 0.449 e. The Morgan fingerprint density at radius 1 is 1.26 bits per heavy atom. The van der Waals surface area contributed by atoms with Gasteiger partial charge in [0.2, 0.25) is 0 Å². The Balaban J connectivity index is 1.71. The fourth-order valence-electron chi connectivity index (χ4n) is 2.92. The Hall–Kier alpha value is -1.59. The molecule has 0 saturated heterocycles. The molecule has 9 heteroatoms. The lowest BCUT2D eigenvalue weighted by molar-refractivity contribution is -0.123. The maximum Gasteiger partial charge on any atom is 0.341 e.